The van der Waals surface area contributed by atoms with E-state index in [1.165, 1.54) is 4.90 Å². The van der Waals surface area contributed by atoms with Crippen LogP contribution in [-0.2, 0) is 0 Å². The van der Waals surface area contributed by atoms with E-state index in [-0.39, 0.29) is 0 Å². The van der Waals surface area contributed by atoms with Gasteiger partial charge < -0.3 is 0 Å². The normalized spacial score (nSPS) is 14.1. The van der Waals surface area contributed by atoms with Crippen LogP contribution in [0.2, 0.25) is 0 Å². The second-order valence-electron chi connectivity index (χ2n) is 3.58. The van der Waals surface area contributed by atoms with Crippen molar-refractivity contribution in [3.63, 3.8) is 0 Å². The van der Waals surface area contributed by atoms with Gasteiger partial charge in [-0.2, -0.15) is 0 Å². The molecule has 0 atom stereocenters. The molecule has 0 N–H and O–H groups in total. The number of allylic oxidation sites excluding steroid dienone is 5. The first kappa shape index (κ1) is 11.7. The highest BCUT2D eigenvalue weighted by Gasteiger charge is 2.16. The lowest BCUT2D eigenvalue weighted by molar-refractivity contribution is 0.265. The third kappa shape index (κ3) is 2.86. The Labute approximate surface area is 106 Å². The molecule has 1 aromatic rings. The van der Waals surface area contributed by atoms with Gasteiger partial charge in [-0.1, -0.05) is 42.5 Å². The topological polar surface area (TPSA) is 20.3 Å². The van der Waals surface area contributed by atoms with Gasteiger partial charge in [0.15, 0.2) is 0 Å². The maximum absolute atomic E-state index is 11.6. The average molecular weight is 246 g/mol. The minimum Gasteiger partial charge on any atom is -0.268 e. The molecule has 2 nitrogen and oxygen atoms in total. The van der Waals surface area contributed by atoms with E-state index >= 15 is 0 Å². The lowest BCUT2D eigenvalue weighted by atomic mass is 10.2. The van der Waals surface area contributed by atoms with Gasteiger partial charge >= 0.3 is 5.37 Å². The predicted molar refractivity (Wildman–Crippen MR) is 71.2 cm³/mol. The van der Waals surface area contributed by atoms with E-state index in [1.54, 1.807) is 0 Å². The summed E-state index contributed by atoms with van der Waals surface area (Å²) in [5, 5.41) is -0.506. The molecule has 0 fully saturated rings. The van der Waals surface area contributed by atoms with Crippen molar-refractivity contribution in [2.75, 3.05) is 4.90 Å². The van der Waals surface area contributed by atoms with Crippen molar-refractivity contribution >= 4 is 22.7 Å². The van der Waals surface area contributed by atoms with E-state index in [2.05, 4.69) is 0 Å². The quantitative estimate of drug-likeness (QED) is 0.563. The van der Waals surface area contributed by atoms with Crippen molar-refractivity contribution in [2.24, 2.45) is 0 Å². The molecule has 0 aromatic heterocycles. The number of carbonyl (C=O) groups excluding carboxylic acids is 1. The van der Waals surface area contributed by atoms with Crippen LogP contribution in [0.5, 0.6) is 0 Å². The zero-order valence-electron chi connectivity index (χ0n) is 9.21. The Morgan fingerprint density at radius 2 is 1.94 bits per heavy atom. The van der Waals surface area contributed by atoms with E-state index in [4.69, 9.17) is 11.6 Å². The Morgan fingerprint density at radius 1 is 1.18 bits per heavy atom. The maximum atomic E-state index is 11.6. The van der Waals surface area contributed by atoms with Crippen molar-refractivity contribution < 1.29 is 4.79 Å². The smallest absolute Gasteiger partial charge is 0.268 e. The van der Waals surface area contributed by atoms with Crippen LogP contribution < -0.4 is 4.90 Å². The van der Waals surface area contributed by atoms with E-state index in [1.807, 2.05) is 60.7 Å². The molecule has 0 aliphatic heterocycles. The first-order chi connectivity index (χ1) is 8.29. The number of rotatable bonds is 2. The molecule has 0 heterocycles. The fourth-order valence-electron chi connectivity index (χ4n) is 1.66. The van der Waals surface area contributed by atoms with E-state index in [9.17, 15) is 4.79 Å². The second-order valence-corrected chi connectivity index (χ2v) is 3.90. The molecule has 0 unspecified atom stereocenters. The molecule has 0 radical (unpaired) electrons. The number of hydrogen-bond donors (Lipinski definition) is 0. The van der Waals surface area contributed by atoms with Gasteiger partial charge in [0.1, 0.15) is 0 Å². The summed E-state index contributed by atoms with van der Waals surface area (Å²) < 4.78 is 0. The highest BCUT2D eigenvalue weighted by molar-refractivity contribution is 6.66. The van der Waals surface area contributed by atoms with Gasteiger partial charge in [0.25, 0.3) is 0 Å². The molecule has 0 saturated carbocycles. The Hall–Kier alpha value is -1.80. The molecule has 86 valence electrons. The Kier molecular flexibility index (Phi) is 3.78. The largest absolute Gasteiger partial charge is 0.325 e. The third-order valence-electron chi connectivity index (χ3n) is 2.43. The second kappa shape index (κ2) is 5.51. The van der Waals surface area contributed by atoms with Crippen molar-refractivity contribution in [3.05, 3.63) is 66.4 Å². The Morgan fingerprint density at radius 3 is 2.65 bits per heavy atom. The lowest BCUT2D eigenvalue weighted by Gasteiger charge is -2.20. The fraction of sp³-hybridized carbons (Fsp3) is 0.0714. The van der Waals surface area contributed by atoms with Gasteiger partial charge in [-0.05, 0) is 36.2 Å². The molecule has 0 saturated heterocycles. The summed E-state index contributed by atoms with van der Waals surface area (Å²) in [5.74, 6) is 0. The minimum atomic E-state index is -0.506. The highest BCUT2D eigenvalue weighted by atomic mass is 35.5. The number of nitrogens with zero attached hydrogens (tertiary/aromatic N) is 1. The zero-order chi connectivity index (χ0) is 12.1. The number of halogens is 1. The maximum Gasteiger partial charge on any atom is 0.325 e. The van der Waals surface area contributed by atoms with Crippen molar-refractivity contribution in [1.29, 1.82) is 0 Å². The van der Waals surface area contributed by atoms with Gasteiger partial charge in [-0.25, -0.2) is 0 Å². The summed E-state index contributed by atoms with van der Waals surface area (Å²) in [4.78, 5) is 13.0. The number of para-hydroxylation sites is 1. The molecule has 3 heteroatoms. The summed E-state index contributed by atoms with van der Waals surface area (Å²) in [6.07, 6.45) is 10.5. The fourth-order valence-corrected chi connectivity index (χ4v) is 1.86. The molecular formula is C14H12ClNO. The molecule has 1 aromatic carbocycles. The van der Waals surface area contributed by atoms with Gasteiger partial charge in [-0.3, -0.25) is 9.69 Å². The van der Waals surface area contributed by atoms with E-state index in [0.29, 0.717) is 0 Å². The number of anilines is 1. The summed E-state index contributed by atoms with van der Waals surface area (Å²) in [6, 6.07) is 9.36. The first-order valence-corrected chi connectivity index (χ1v) is 5.75. The number of hydrogen-bond acceptors (Lipinski definition) is 1. The molecule has 1 aliphatic rings. The van der Waals surface area contributed by atoms with Crippen molar-refractivity contribution in [3.8, 4) is 0 Å². The average Bonchev–Trinajstić information content (AvgIpc) is 2.59. The number of carbonyl (C=O) groups is 1. The summed E-state index contributed by atoms with van der Waals surface area (Å²) in [7, 11) is 0. The zero-order valence-corrected chi connectivity index (χ0v) is 9.97. The van der Waals surface area contributed by atoms with E-state index < -0.39 is 5.37 Å². The van der Waals surface area contributed by atoms with Crippen LogP contribution >= 0.6 is 11.6 Å². The van der Waals surface area contributed by atoms with Crippen LogP contribution in [0.3, 0.4) is 0 Å². The predicted octanol–water partition coefficient (Wildman–Crippen LogP) is 4.25. The third-order valence-corrected chi connectivity index (χ3v) is 2.59. The molecule has 1 amide bonds. The van der Waals surface area contributed by atoms with Crippen LogP contribution in [0.4, 0.5) is 10.5 Å². The summed E-state index contributed by atoms with van der Waals surface area (Å²) in [5.41, 5.74) is 1.56. The lowest BCUT2D eigenvalue weighted by Crippen LogP contribution is -2.23. The van der Waals surface area contributed by atoms with Crippen LogP contribution in [0.1, 0.15) is 6.42 Å². The van der Waals surface area contributed by atoms with Crippen molar-refractivity contribution in [2.45, 2.75) is 6.42 Å². The van der Waals surface area contributed by atoms with Crippen LogP contribution in [-0.4, -0.2) is 5.37 Å². The van der Waals surface area contributed by atoms with E-state index in [0.717, 1.165) is 17.8 Å². The number of benzene rings is 1. The molecule has 17 heavy (non-hydrogen) atoms. The van der Waals surface area contributed by atoms with Gasteiger partial charge in [0, 0.05) is 5.70 Å². The highest BCUT2D eigenvalue weighted by Crippen LogP contribution is 2.23. The molecule has 2 rings (SSSR count). The van der Waals surface area contributed by atoms with Crippen LogP contribution in [0.15, 0.2) is 66.4 Å². The molecule has 0 bridgehead atoms. The standard InChI is InChI=1S/C14H12ClNO/c15-14(17)16(13-10-6-3-7-11-13)12-8-4-1-2-5-9-12/h1-4,6-11H,5H2. The minimum absolute atomic E-state index is 0.506. The molecule has 0 spiro atoms. The van der Waals surface area contributed by atoms with Gasteiger partial charge in [-0.15, -0.1) is 0 Å². The Balaban J connectivity index is 2.37. The van der Waals surface area contributed by atoms with Gasteiger partial charge in [0.05, 0.1) is 5.69 Å². The molecular weight excluding hydrogens is 234 g/mol. The van der Waals surface area contributed by atoms with Crippen molar-refractivity contribution in [1.82, 2.24) is 0 Å². The monoisotopic (exact) mass is 245 g/mol. The van der Waals surface area contributed by atoms with Crippen LogP contribution in [0, 0.1) is 0 Å². The summed E-state index contributed by atoms with van der Waals surface area (Å²) in [6.45, 7) is 0. The molecule has 1 aliphatic carbocycles. The number of amides is 1. The SMILES string of the molecule is O=C(Cl)N(C1=CCC=CC=C1)c1ccccc1. The summed E-state index contributed by atoms with van der Waals surface area (Å²) >= 11 is 5.66. The first-order valence-electron chi connectivity index (χ1n) is 5.37. The van der Waals surface area contributed by atoms with Crippen LogP contribution in [0.25, 0.3) is 0 Å². The Bertz CT molecular complexity index is 488. The van der Waals surface area contributed by atoms with Gasteiger partial charge in [0.2, 0.25) is 0 Å².